The zero-order chi connectivity index (χ0) is 16.7. The second-order valence-corrected chi connectivity index (χ2v) is 5.79. The SMILES string of the molecule is OC[C@@H]1C[C@H](F)CN1c1ccc2nnc(-c3ccccc3F)n2n1. The molecular weight excluding hydrogens is 316 g/mol. The van der Waals surface area contributed by atoms with Crippen molar-refractivity contribution < 1.29 is 13.9 Å². The molecule has 0 saturated carbocycles. The first kappa shape index (κ1) is 14.9. The molecule has 0 bridgehead atoms. The normalized spacial score (nSPS) is 20.9. The maximum absolute atomic E-state index is 14.0. The predicted octanol–water partition coefficient (Wildman–Crippen LogP) is 1.84. The molecule has 1 saturated heterocycles. The minimum atomic E-state index is -1.01. The monoisotopic (exact) mass is 331 g/mol. The smallest absolute Gasteiger partial charge is 0.188 e. The van der Waals surface area contributed by atoms with Crippen molar-refractivity contribution in [2.24, 2.45) is 0 Å². The van der Waals surface area contributed by atoms with Crippen LogP contribution < -0.4 is 4.90 Å². The van der Waals surface area contributed by atoms with Gasteiger partial charge in [0.2, 0.25) is 0 Å². The molecular formula is C16H15F2N5O. The Kier molecular flexibility index (Phi) is 3.61. The van der Waals surface area contributed by atoms with Crippen LogP contribution in [-0.2, 0) is 0 Å². The van der Waals surface area contributed by atoms with Gasteiger partial charge in [-0.25, -0.2) is 8.78 Å². The molecule has 3 heterocycles. The summed E-state index contributed by atoms with van der Waals surface area (Å²) in [5.74, 6) is 0.359. The summed E-state index contributed by atoms with van der Waals surface area (Å²) in [5.41, 5.74) is 0.756. The molecule has 1 aliphatic rings. The quantitative estimate of drug-likeness (QED) is 0.793. The van der Waals surface area contributed by atoms with E-state index >= 15 is 0 Å². The van der Waals surface area contributed by atoms with Gasteiger partial charge in [0.1, 0.15) is 17.8 Å². The predicted molar refractivity (Wildman–Crippen MR) is 83.9 cm³/mol. The number of aliphatic hydroxyl groups excluding tert-OH is 1. The second-order valence-electron chi connectivity index (χ2n) is 5.79. The van der Waals surface area contributed by atoms with Crippen LogP contribution in [0.4, 0.5) is 14.6 Å². The lowest BCUT2D eigenvalue weighted by Gasteiger charge is -2.23. The number of alkyl halides is 1. The molecule has 1 aliphatic heterocycles. The fraction of sp³-hybridized carbons (Fsp3) is 0.312. The fourth-order valence-corrected chi connectivity index (χ4v) is 3.06. The third-order valence-electron chi connectivity index (χ3n) is 4.23. The maximum atomic E-state index is 14.0. The van der Waals surface area contributed by atoms with E-state index in [9.17, 15) is 13.9 Å². The van der Waals surface area contributed by atoms with Crippen molar-refractivity contribution in [2.45, 2.75) is 18.6 Å². The van der Waals surface area contributed by atoms with Gasteiger partial charge in [0, 0.05) is 6.42 Å². The summed E-state index contributed by atoms with van der Waals surface area (Å²) >= 11 is 0. The number of aromatic nitrogens is 4. The van der Waals surface area contributed by atoms with Crippen molar-refractivity contribution in [1.29, 1.82) is 0 Å². The first-order valence-electron chi connectivity index (χ1n) is 7.66. The van der Waals surface area contributed by atoms with Crippen LogP contribution in [0.15, 0.2) is 36.4 Å². The van der Waals surface area contributed by atoms with Crippen molar-refractivity contribution in [3.63, 3.8) is 0 Å². The third kappa shape index (κ3) is 2.39. The number of rotatable bonds is 3. The number of anilines is 1. The van der Waals surface area contributed by atoms with Gasteiger partial charge < -0.3 is 10.0 Å². The van der Waals surface area contributed by atoms with Crippen LogP contribution in [0.25, 0.3) is 17.0 Å². The van der Waals surface area contributed by atoms with Crippen molar-refractivity contribution >= 4 is 11.5 Å². The lowest BCUT2D eigenvalue weighted by molar-refractivity contribution is 0.255. The van der Waals surface area contributed by atoms with Crippen LogP contribution in [-0.4, -0.2) is 50.3 Å². The van der Waals surface area contributed by atoms with Gasteiger partial charge in [0.15, 0.2) is 11.5 Å². The van der Waals surface area contributed by atoms with Gasteiger partial charge in [0.05, 0.1) is 24.8 Å². The molecule has 4 rings (SSSR count). The Morgan fingerprint density at radius 3 is 2.79 bits per heavy atom. The van der Waals surface area contributed by atoms with Crippen LogP contribution in [0.5, 0.6) is 0 Å². The van der Waals surface area contributed by atoms with Crippen LogP contribution >= 0.6 is 0 Å². The lowest BCUT2D eigenvalue weighted by atomic mass is 10.2. The molecule has 0 unspecified atom stereocenters. The van der Waals surface area contributed by atoms with E-state index in [0.29, 0.717) is 11.5 Å². The Balaban J connectivity index is 1.81. The van der Waals surface area contributed by atoms with E-state index in [2.05, 4.69) is 15.3 Å². The second kappa shape index (κ2) is 5.79. The highest BCUT2D eigenvalue weighted by molar-refractivity contribution is 5.60. The molecule has 0 aliphatic carbocycles. The van der Waals surface area contributed by atoms with Gasteiger partial charge in [0.25, 0.3) is 0 Å². The number of benzene rings is 1. The Morgan fingerprint density at radius 1 is 1.17 bits per heavy atom. The van der Waals surface area contributed by atoms with E-state index < -0.39 is 12.0 Å². The van der Waals surface area contributed by atoms with Crippen LogP contribution in [0.3, 0.4) is 0 Å². The van der Waals surface area contributed by atoms with E-state index in [1.54, 1.807) is 35.2 Å². The minimum Gasteiger partial charge on any atom is -0.394 e. The molecule has 2 atom stereocenters. The summed E-state index contributed by atoms with van der Waals surface area (Å²) < 4.78 is 29.2. The van der Waals surface area contributed by atoms with Crippen molar-refractivity contribution in [3.8, 4) is 11.4 Å². The molecule has 124 valence electrons. The van der Waals surface area contributed by atoms with Gasteiger partial charge in [-0.3, -0.25) is 0 Å². The van der Waals surface area contributed by atoms with Crippen molar-refractivity contribution in [2.75, 3.05) is 18.1 Å². The Labute approximate surface area is 136 Å². The summed E-state index contributed by atoms with van der Waals surface area (Å²) in [6.07, 6.45) is -0.745. The van der Waals surface area contributed by atoms with E-state index in [0.717, 1.165) is 0 Å². The average molecular weight is 331 g/mol. The summed E-state index contributed by atoms with van der Waals surface area (Å²) in [6, 6.07) is 9.33. The lowest BCUT2D eigenvalue weighted by Crippen LogP contribution is -2.33. The molecule has 8 heteroatoms. The molecule has 0 radical (unpaired) electrons. The Bertz CT molecular complexity index is 884. The Morgan fingerprint density at radius 2 is 2.00 bits per heavy atom. The largest absolute Gasteiger partial charge is 0.394 e. The molecule has 24 heavy (non-hydrogen) atoms. The van der Waals surface area contributed by atoms with Crippen LogP contribution in [0.2, 0.25) is 0 Å². The van der Waals surface area contributed by atoms with Crippen molar-refractivity contribution in [3.05, 3.63) is 42.2 Å². The zero-order valence-corrected chi connectivity index (χ0v) is 12.7. The third-order valence-corrected chi connectivity index (χ3v) is 4.23. The van der Waals surface area contributed by atoms with Crippen LogP contribution in [0.1, 0.15) is 6.42 Å². The van der Waals surface area contributed by atoms with Crippen molar-refractivity contribution in [1.82, 2.24) is 19.8 Å². The topological polar surface area (TPSA) is 66.5 Å². The molecule has 0 amide bonds. The van der Waals surface area contributed by atoms with E-state index in [4.69, 9.17) is 0 Å². The number of nitrogens with zero attached hydrogens (tertiary/aromatic N) is 5. The fourth-order valence-electron chi connectivity index (χ4n) is 3.06. The van der Waals surface area contributed by atoms with Crippen LogP contribution in [0, 0.1) is 5.82 Å². The highest BCUT2D eigenvalue weighted by Gasteiger charge is 2.32. The first-order valence-corrected chi connectivity index (χ1v) is 7.66. The van der Waals surface area contributed by atoms with E-state index in [1.807, 2.05) is 0 Å². The average Bonchev–Trinajstić information content (AvgIpc) is 3.18. The molecule has 1 aromatic carbocycles. The molecule has 0 spiro atoms. The summed E-state index contributed by atoms with van der Waals surface area (Å²) in [7, 11) is 0. The summed E-state index contributed by atoms with van der Waals surface area (Å²) in [4.78, 5) is 1.72. The molecule has 3 aromatic rings. The summed E-state index contributed by atoms with van der Waals surface area (Å²) in [5, 5.41) is 21.9. The van der Waals surface area contributed by atoms with Gasteiger partial charge in [-0.1, -0.05) is 12.1 Å². The van der Waals surface area contributed by atoms with E-state index in [-0.39, 0.29) is 37.0 Å². The molecule has 6 nitrogen and oxygen atoms in total. The highest BCUT2D eigenvalue weighted by atomic mass is 19.1. The number of halogens is 2. The van der Waals surface area contributed by atoms with Gasteiger partial charge in [-0.2, -0.15) is 4.52 Å². The zero-order valence-electron chi connectivity index (χ0n) is 12.7. The summed E-state index contributed by atoms with van der Waals surface area (Å²) in [6.45, 7) is 0.0172. The first-order chi connectivity index (χ1) is 11.7. The molecule has 1 fully saturated rings. The number of aliphatic hydroxyl groups is 1. The maximum Gasteiger partial charge on any atom is 0.188 e. The minimum absolute atomic E-state index is 0.150. The highest BCUT2D eigenvalue weighted by Crippen LogP contribution is 2.27. The van der Waals surface area contributed by atoms with Gasteiger partial charge in [-0.15, -0.1) is 15.3 Å². The number of hydrogen-bond acceptors (Lipinski definition) is 5. The van der Waals surface area contributed by atoms with E-state index in [1.165, 1.54) is 10.6 Å². The molecule has 2 aromatic heterocycles. The Hall–Kier alpha value is -2.61. The van der Waals surface area contributed by atoms with Gasteiger partial charge >= 0.3 is 0 Å². The number of fused-ring (bicyclic) bond motifs is 1. The van der Waals surface area contributed by atoms with Gasteiger partial charge in [-0.05, 0) is 24.3 Å². The standard InChI is InChI=1S/C16H15F2N5O/c17-10-7-11(9-24)22(8-10)15-6-5-14-19-20-16(23(14)21-15)12-3-1-2-4-13(12)18/h1-6,10-11,24H,7-9H2/t10-,11-/m0/s1. The molecule has 1 N–H and O–H groups in total. The number of hydrogen-bond donors (Lipinski definition) is 1.